The molecule has 1 aliphatic heterocycles. The van der Waals surface area contributed by atoms with Crippen molar-refractivity contribution in [1.29, 1.82) is 0 Å². The van der Waals surface area contributed by atoms with Crippen molar-refractivity contribution < 1.29 is 9.31 Å². The predicted octanol–water partition coefficient (Wildman–Crippen LogP) is 5.65. The van der Waals surface area contributed by atoms with Crippen molar-refractivity contribution in [2.24, 2.45) is 4.76 Å². The third-order valence-electron chi connectivity index (χ3n) is 5.69. The molecule has 1 saturated heterocycles. The van der Waals surface area contributed by atoms with Crippen LogP contribution in [0.2, 0.25) is 0 Å². The van der Waals surface area contributed by atoms with Gasteiger partial charge in [0.25, 0.3) is 0 Å². The summed E-state index contributed by atoms with van der Waals surface area (Å²) in [7, 11) is -3.31. The fraction of sp³-hybridized carbons (Fsp3) is 0.320. The number of rotatable bonds is 6. The monoisotopic (exact) mass is 435 g/mol. The molecule has 2 aromatic carbocycles. The first-order valence-corrected chi connectivity index (χ1v) is 12.4. The molecule has 0 spiro atoms. The van der Waals surface area contributed by atoms with Crippen LogP contribution in [0.3, 0.4) is 0 Å². The van der Waals surface area contributed by atoms with E-state index in [4.69, 9.17) is 9.18 Å². The molecule has 4 rings (SSSR count). The fourth-order valence-electron chi connectivity index (χ4n) is 4.56. The van der Waals surface area contributed by atoms with E-state index < -0.39 is 7.94 Å². The van der Waals surface area contributed by atoms with Crippen LogP contribution in [-0.4, -0.2) is 27.6 Å². The number of hydrogen-bond acceptors (Lipinski definition) is 5. The van der Waals surface area contributed by atoms with Crippen LogP contribution in [0.15, 0.2) is 88.2 Å². The molecule has 6 heteroatoms. The number of benzene rings is 2. The Kier molecular flexibility index (Phi) is 6.40. The molecule has 0 aliphatic carbocycles. The third-order valence-corrected chi connectivity index (χ3v) is 8.73. The fourth-order valence-corrected chi connectivity index (χ4v) is 7.68. The topological polar surface area (TPSA) is 55.0 Å². The molecule has 0 unspecified atom stereocenters. The molecule has 1 aliphatic rings. The molecule has 2 heterocycles. The average Bonchev–Trinajstić information content (AvgIpc) is 3.38. The van der Waals surface area contributed by atoms with Gasteiger partial charge in [0.2, 0.25) is 7.94 Å². The van der Waals surface area contributed by atoms with Gasteiger partial charge in [-0.05, 0) is 51.0 Å². The molecular weight excluding hydrogens is 405 g/mol. The van der Waals surface area contributed by atoms with Gasteiger partial charge in [-0.3, -0.25) is 0 Å². The van der Waals surface area contributed by atoms with Gasteiger partial charge in [-0.15, -0.1) is 9.34 Å². The van der Waals surface area contributed by atoms with E-state index in [0.29, 0.717) is 5.76 Å². The van der Waals surface area contributed by atoms with Crippen LogP contribution < -0.4 is 4.89 Å². The second kappa shape index (κ2) is 9.05. The Morgan fingerprint density at radius 3 is 1.68 bits per heavy atom. The van der Waals surface area contributed by atoms with Crippen molar-refractivity contribution >= 4 is 14.2 Å². The van der Waals surface area contributed by atoms with Gasteiger partial charge in [-0.25, -0.2) is 0 Å². The summed E-state index contributed by atoms with van der Waals surface area (Å²) >= 11 is 0. The SMILES string of the molecule is CC(C)N1[C@@H](c2ccccc2)[C@H](c2ccccc2)N(C(C)C)[P+]1([O-])/N=C/c1ccco1. The van der Waals surface area contributed by atoms with Crippen molar-refractivity contribution in [3.8, 4) is 0 Å². The summed E-state index contributed by atoms with van der Waals surface area (Å²) in [5, 5.41) is 0. The summed E-state index contributed by atoms with van der Waals surface area (Å²) in [6.07, 6.45) is 3.22. The lowest BCUT2D eigenvalue weighted by molar-refractivity contribution is -0.193. The molecule has 1 aromatic heterocycles. The Morgan fingerprint density at radius 2 is 1.29 bits per heavy atom. The highest BCUT2D eigenvalue weighted by Gasteiger charge is 2.62. The van der Waals surface area contributed by atoms with E-state index in [0.717, 1.165) is 11.1 Å². The van der Waals surface area contributed by atoms with Crippen molar-refractivity contribution in [1.82, 2.24) is 9.34 Å². The number of hydrogen-bond donors (Lipinski definition) is 0. The summed E-state index contributed by atoms with van der Waals surface area (Å²) in [6.45, 7) is 8.38. The maximum atomic E-state index is 14.8. The van der Waals surface area contributed by atoms with E-state index in [-0.39, 0.29) is 24.2 Å². The third kappa shape index (κ3) is 4.11. The second-order valence-electron chi connectivity index (χ2n) is 8.43. The lowest BCUT2D eigenvalue weighted by atomic mass is 9.92. The Balaban J connectivity index is 1.93. The smallest absolute Gasteiger partial charge is 0.238 e. The molecule has 0 saturated carbocycles. The van der Waals surface area contributed by atoms with Gasteiger partial charge in [-0.2, -0.15) is 0 Å². The Labute approximate surface area is 185 Å². The Hall–Kier alpha value is -2.30. The minimum absolute atomic E-state index is 0.0275. The van der Waals surface area contributed by atoms with E-state index in [1.807, 2.05) is 48.5 Å². The first-order valence-electron chi connectivity index (χ1n) is 10.8. The Morgan fingerprint density at radius 1 is 0.806 bits per heavy atom. The van der Waals surface area contributed by atoms with Crippen LogP contribution in [0.25, 0.3) is 0 Å². The van der Waals surface area contributed by atoms with Crippen molar-refractivity contribution in [2.45, 2.75) is 51.9 Å². The highest BCUT2D eigenvalue weighted by Crippen LogP contribution is 2.74. The van der Waals surface area contributed by atoms with Crippen molar-refractivity contribution in [3.05, 3.63) is 95.9 Å². The first kappa shape index (κ1) is 21.9. The van der Waals surface area contributed by atoms with Gasteiger partial charge < -0.3 is 9.31 Å². The summed E-state index contributed by atoms with van der Waals surface area (Å²) in [6, 6.07) is 24.2. The normalized spacial score (nSPS) is 22.2. The standard InChI is InChI=1S/C25H30N3O2P/c1-19(2)27-24(21-12-7-5-8-13-21)25(22-14-9-6-10-15-22)28(20(3)4)31(27,29)26-18-23-16-11-17-30-23/h5-20,24-25H,1-4H3/b26-18+/t24-,25-/m0/s1. The molecule has 162 valence electrons. The van der Waals surface area contributed by atoms with E-state index in [1.165, 1.54) is 0 Å². The molecule has 1 fully saturated rings. The largest absolute Gasteiger partial charge is 0.630 e. The zero-order chi connectivity index (χ0) is 22.0. The predicted molar refractivity (Wildman–Crippen MR) is 126 cm³/mol. The summed E-state index contributed by atoms with van der Waals surface area (Å²) in [4.78, 5) is 14.8. The highest BCUT2D eigenvalue weighted by molar-refractivity contribution is 7.63. The number of nitrogens with zero attached hydrogens (tertiary/aromatic N) is 3. The van der Waals surface area contributed by atoms with Gasteiger partial charge in [0, 0.05) is 12.1 Å². The molecule has 31 heavy (non-hydrogen) atoms. The minimum Gasteiger partial charge on any atom is -0.630 e. The van der Waals surface area contributed by atoms with Gasteiger partial charge >= 0.3 is 0 Å². The summed E-state index contributed by atoms with van der Waals surface area (Å²) < 4.78 is 14.4. The van der Waals surface area contributed by atoms with E-state index >= 15 is 0 Å². The molecule has 0 bridgehead atoms. The van der Waals surface area contributed by atoms with Gasteiger partial charge in [-0.1, -0.05) is 65.4 Å². The lowest BCUT2D eigenvalue weighted by Gasteiger charge is -2.39. The maximum absolute atomic E-state index is 14.8. The highest BCUT2D eigenvalue weighted by atomic mass is 31.2. The van der Waals surface area contributed by atoms with Crippen LogP contribution in [0.5, 0.6) is 0 Å². The maximum Gasteiger partial charge on any atom is 0.238 e. The van der Waals surface area contributed by atoms with Gasteiger partial charge in [0.05, 0.1) is 18.3 Å². The summed E-state index contributed by atoms with van der Waals surface area (Å²) in [5.74, 6) is 0.599. The van der Waals surface area contributed by atoms with E-state index in [9.17, 15) is 4.89 Å². The Bertz CT molecular complexity index is 933. The molecule has 0 amide bonds. The molecule has 0 radical (unpaired) electrons. The lowest BCUT2D eigenvalue weighted by Crippen LogP contribution is -2.39. The first-order chi connectivity index (χ1) is 14.9. The molecule has 2 atom stereocenters. The zero-order valence-electron chi connectivity index (χ0n) is 18.5. The molecule has 3 aromatic rings. The minimum atomic E-state index is -3.31. The van der Waals surface area contributed by atoms with Gasteiger partial charge in [0.1, 0.15) is 12.0 Å². The van der Waals surface area contributed by atoms with E-state index in [2.05, 4.69) is 61.3 Å². The van der Waals surface area contributed by atoms with Gasteiger partial charge in [0.15, 0.2) is 0 Å². The van der Waals surface area contributed by atoms with Crippen LogP contribution in [0, 0.1) is 0 Å². The zero-order valence-corrected chi connectivity index (χ0v) is 19.4. The van der Waals surface area contributed by atoms with Crippen LogP contribution >= 0.6 is 7.94 Å². The average molecular weight is 436 g/mol. The van der Waals surface area contributed by atoms with Crippen molar-refractivity contribution in [2.75, 3.05) is 0 Å². The quantitative estimate of drug-likeness (QED) is 0.371. The van der Waals surface area contributed by atoms with Crippen LogP contribution in [-0.2, 0) is 0 Å². The molecule has 0 N–H and O–H groups in total. The second-order valence-corrected chi connectivity index (χ2v) is 10.6. The number of furan rings is 1. The van der Waals surface area contributed by atoms with E-state index in [1.54, 1.807) is 12.5 Å². The van der Waals surface area contributed by atoms with Crippen molar-refractivity contribution in [3.63, 3.8) is 0 Å². The van der Waals surface area contributed by atoms with Crippen LogP contribution in [0.1, 0.15) is 56.7 Å². The summed E-state index contributed by atoms with van der Waals surface area (Å²) in [5.41, 5.74) is 2.28. The van der Waals surface area contributed by atoms with Crippen LogP contribution in [0.4, 0.5) is 0 Å². The molecule has 5 nitrogen and oxygen atoms in total. The molecular formula is C25H30N3O2P.